The first kappa shape index (κ1) is 11.9. The van der Waals surface area contributed by atoms with E-state index in [0.717, 1.165) is 31.1 Å². The van der Waals surface area contributed by atoms with Gasteiger partial charge in [-0.25, -0.2) is 0 Å². The second-order valence-corrected chi connectivity index (χ2v) is 4.64. The van der Waals surface area contributed by atoms with Crippen molar-refractivity contribution in [3.8, 4) is 0 Å². The largest absolute Gasteiger partial charge is 0.299 e. The van der Waals surface area contributed by atoms with Crippen LogP contribution in [0.1, 0.15) is 24.8 Å². The van der Waals surface area contributed by atoms with Crippen molar-refractivity contribution in [1.82, 2.24) is 5.06 Å². The van der Waals surface area contributed by atoms with E-state index in [1.807, 2.05) is 12.1 Å². The molecule has 0 amide bonds. The number of hydroxylamine groups is 2. The fraction of sp³-hybridized carbons (Fsp3) is 0.538. The second-order valence-electron chi connectivity index (χ2n) is 4.20. The summed E-state index contributed by atoms with van der Waals surface area (Å²) in [5.41, 5.74) is 1.28. The zero-order valence-corrected chi connectivity index (χ0v) is 10.2. The van der Waals surface area contributed by atoms with Gasteiger partial charge in [0.05, 0.1) is 6.61 Å². The summed E-state index contributed by atoms with van der Waals surface area (Å²) in [5, 5.41) is 2.89. The van der Waals surface area contributed by atoms with E-state index in [4.69, 9.17) is 16.4 Å². The minimum atomic E-state index is 0.766. The van der Waals surface area contributed by atoms with Crippen LogP contribution in [0.15, 0.2) is 24.3 Å². The van der Waals surface area contributed by atoms with Crippen LogP contribution in [0.4, 0.5) is 0 Å². The van der Waals surface area contributed by atoms with Gasteiger partial charge in [0.15, 0.2) is 0 Å². The van der Waals surface area contributed by atoms with E-state index >= 15 is 0 Å². The summed E-state index contributed by atoms with van der Waals surface area (Å²) in [7, 11) is 0. The topological polar surface area (TPSA) is 12.5 Å². The number of rotatable bonds is 4. The highest BCUT2D eigenvalue weighted by molar-refractivity contribution is 6.30. The molecular weight excluding hydrogens is 222 g/mol. The third-order valence-corrected chi connectivity index (χ3v) is 3.14. The lowest BCUT2D eigenvalue weighted by Gasteiger charge is -2.25. The summed E-state index contributed by atoms with van der Waals surface area (Å²) >= 11 is 5.83. The Morgan fingerprint density at radius 3 is 2.44 bits per heavy atom. The molecule has 1 heterocycles. The predicted octanol–water partition coefficient (Wildman–Crippen LogP) is 3.30. The average Bonchev–Trinajstić information content (AvgIpc) is 2.33. The highest BCUT2D eigenvalue weighted by Gasteiger charge is 2.09. The van der Waals surface area contributed by atoms with Crippen molar-refractivity contribution >= 4 is 11.6 Å². The summed E-state index contributed by atoms with van der Waals surface area (Å²) in [6.45, 7) is 2.93. The van der Waals surface area contributed by atoms with Gasteiger partial charge in [0.1, 0.15) is 0 Å². The lowest BCUT2D eigenvalue weighted by atomic mass is 10.2. The van der Waals surface area contributed by atoms with Crippen molar-refractivity contribution in [3.63, 3.8) is 0 Å². The van der Waals surface area contributed by atoms with E-state index in [9.17, 15) is 0 Å². The van der Waals surface area contributed by atoms with Gasteiger partial charge < -0.3 is 0 Å². The first-order valence-electron chi connectivity index (χ1n) is 5.97. The maximum atomic E-state index is 5.83. The summed E-state index contributed by atoms with van der Waals surface area (Å²) in [6, 6.07) is 7.97. The smallest absolute Gasteiger partial charge is 0.0725 e. The Hall–Kier alpha value is -0.570. The van der Waals surface area contributed by atoms with Crippen LogP contribution in [0.3, 0.4) is 0 Å². The summed E-state index contributed by atoms with van der Waals surface area (Å²) in [6.07, 6.45) is 4.83. The van der Waals surface area contributed by atoms with Gasteiger partial charge in [-0.2, -0.15) is 5.06 Å². The Morgan fingerprint density at radius 2 is 1.75 bits per heavy atom. The van der Waals surface area contributed by atoms with Gasteiger partial charge in [0.2, 0.25) is 0 Å². The molecule has 88 valence electrons. The zero-order chi connectivity index (χ0) is 11.2. The van der Waals surface area contributed by atoms with Gasteiger partial charge in [-0.15, -0.1) is 0 Å². The lowest BCUT2D eigenvalue weighted by molar-refractivity contribution is -0.167. The van der Waals surface area contributed by atoms with Crippen LogP contribution in [0.2, 0.25) is 5.02 Å². The molecule has 0 aromatic heterocycles. The molecule has 1 aliphatic heterocycles. The average molecular weight is 240 g/mol. The normalized spacial score (nSPS) is 17.6. The Kier molecular flexibility index (Phi) is 4.64. The molecule has 0 bridgehead atoms. The highest BCUT2D eigenvalue weighted by Crippen LogP contribution is 2.11. The van der Waals surface area contributed by atoms with Gasteiger partial charge in [-0.05, 0) is 37.0 Å². The number of halogens is 1. The molecule has 0 saturated carbocycles. The number of hydrogen-bond acceptors (Lipinski definition) is 2. The molecule has 16 heavy (non-hydrogen) atoms. The molecule has 2 rings (SSSR count). The van der Waals surface area contributed by atoms with Crippen molar-refractivity contribution in [1.29, 1.82) is 0 Å². The van der Waals surface area contributed by atoms with Gasteiger partial charge >= 0.3 is 0 Å². The van der Waals surface area contributed by atoms with Crippen molar-refractivity contribution in [2.75, 3.05) is 19.7 Å². The number of hydrogen-bond donors (Lipinski definition) is 0. The van der Waals surface area contributed by atoms with Crippen molar-refractivity contribution in [3.05, 3.63) is 34.9 Å². The van der Waals surface area contributed by atoms with E-state index in [1.54, 1.807) is 0 Å². The molecule has 0 atom stereocenters. The number of nitrogens with zero attached hydrogens (tertiary/aromatic N) is 1. The third-order valence-electron chi connectivity index (χ3n) is 2.89. The Bertz CT molecular complexity index is 306. The fourth-order valence-corrected chi connectivity index (χ4v) is 2.06. The van der Waals surface area contributed by atoms with Crippen molar-refractivity contribution in [2.45, 2.75) is 25.7 Å². The zero-order valence-electron chi connectivity index (χ0n) is 9.49. The highest BCUT2D eigenvalue weighted by atomic mass is 35.5. The van der Waals surface area contributed by atoms with Gasteiger partial charge in [-0.3, -0.25) is 4.84 Å². The molecule has 1 fully saturated rings. The molecule has 1 aromatic rings. The molecule has 1 saturated heterocycles. The lowest BCUT2D eigenvalue weighted by Crippen LogP contribution is -2.30. The minimum absolute atomic E-state index is 0.766. The minimum Gasteiger partial charge on any atom is -0.299 e. The standard InChI is InChI=1S/C13H18ClNO/c14-13-6-4-12(5-7-13)8-11-16-15-9-2-1-3-10-15/h4-7H,1-3,8-11H2. The molecule has 0 aliphatic carbocycles. The molecule has 1 aliphatic rings. The van der Waals surface area contributed by atoms with Gasteiger partial charge in [0.25, 0.3) is 0 Å². The van der Waals surface area contributed by atoms with E-state index in [1.165, 1.54) is 24.8 Å². The first-order valence-corrected chi connectivity index (χ1v) is 6.35. The van der Waals surface area contributed by atoms with E-state index in [-0.39, 0.29) is 0 Å². The second kappa shape index (κ2) is 6.24. The maximum absolute atomic E-state index is 5.83. The van der Waals surface area contributed by atoms with Crippen molar-refractivity contribution < 1.29 is 4.84 Å². The number of benzene rings is 1. The Balaban J connectivity index is 1.69. The van der Waals surface area contributed by atoms with Crippen LogP contribution in [0, 0.1) is 0 Å². The summed E-state index contributed by atoms with van der Waals surface area (Å²) in [4.78, 5) is 5.72. The van der Waals surface area contributed by atoms with E-state index in [2.05, 4.69) is 17.2 Å². The Labute approximate surface area is 102 Å². The van der Waals surface area contributed by atoms with Crippen LogP contribution in [-0.2, 0) is 11.3 Å². The first-order chi connectivity index (χ1) is 7.84. The Morgan fingerprint density at radius 1 is 1.06 bits per heavy atom. The van der Waals surface area contributed by atoms with E-state index < -0.39 is 0 Å². The predicted molar refractivity (Wildman–Crippen MR) is 66.5 cm³/mol. The maximum Gasteiger partial charge on any atom is 0.0725 e. The molecule has 0 N–H and O–H groups in total. The summed E-state index contributed by atoms with van der Waals surface area (Å²) in [5.74, 6) is 0. The van der Waals surface area contributed by atoms with Crippen LogP contribution in [0.25, 0.3) is 0 Å². The molecular formula is C13H18ClNO. The molecule has 0 spiro atoms. The molecule has 3 heteroatoms. The van der Waals surface area contributed by atoms with E-state index in [0.29, 0.717) is 0 Å². The number of piperidine rings is 1. The third kappa shape index (κ3) is 3.78. The fourth-order valence-electron chi connectivity index (χ4n) is 1.94. The van der Waals surface area contributed by atoms with Crippen LogP contribution in [-0.4, -0.2) is 24.8 Å². The van der Waals surface area contributed by atoms with Crippen LogP contribution < -0.4 is 0 Å². The molecule has 0 radical (unpaired) electrons. The van der Waals surface area contributed by atoms with Crippen molar-refractivity contribution in [2.24, 2.45) is 0 Å². The molecule has 1 aromatic carbocycles. The quantitative estimate of drug-likeness (QED) is 0.800. The van der Waals surface area contributed by atoms with Gasteiger partial charge in [0, 0.05) is 18.1 Å². The summed E-state index contributed by atoms with van der Waals surface area (Å²) < 4.78 is 0. The van der Waals surface area contributed by atoms with Gasteiger partial charge in [-0.1, -0.05) is 30.2 Å². The van der Waals surface area contributed by atoms with Crippen LogP contribution >= 0.6 is 11.6 Å². The monoisotopic (exact) mass is 239 g/mol. The molecule has 2 nitrogen and oxygen atoms in total. The molecule has 0 unspecified atom stereocenters. The van der Waals surface area contributed by atoms with Crippen LogP contribution in [0.5, 0.6) is 0 Å². The SMILES string of the molecule is Clc1ccc(CCON2CCCCC2)cc1.